The van der Waals surface area contributed by atoms with Gasteiger partial charge < -0.3 is 14.2 Å². The van der Waals surface area contributed by atoms with Crippen LogP contribution in [0.15, 0.2) is 0 Å². The summed E-state index contributed by atoms with van der Waals surface area (Å²) in [4.78, 5) is 0. The van der Waals surface area contributed by atoms with E-state index in [1.807, 2.05) is 0 Å². The Hall–Kier alpha value is 0.230. The minimum Gasteiger partial charge on any atom is -0.375 e. The van der Waals surface area contributed by atoms with E-state index in [2.05, 4.69) is 11.8 Å². The van der Waals surface area contributed by atoms with Crippen LogP contribution in [-0.2, 0) is 14.2 Å². The van der Waals surface area contributed by atoms with Crippen molar-refractivity contribution in [2.75, 3.05) is 0 Å². The first-order chi connectivity index (χ1) is 11.8. The zero-order valence-electron chi connectivity index (χ0n) is 14.7. The average Bonchev–Trinajstić information content (AvgIpc) is 3.32. The molecular weight excluding hydrogens is 320 g/mol. The molecule has 0 aromatic heterocycles. The van der Waals surface area contributed by atoms with Gasteiger partial charge in [0.05, 0.1) is 36.6 Å². The highest BCUT2D eigenvalue weighted by atomic mass is 32.2. The Morgan fingerprint density at radius 1 is 0.417 bits per heavy atom. The topological polar surface area (TPSA) is 27.7 Å². The Labute approximate surface area is 150 Å². The van der Waals surface area contributed by atoms with Gasteiger partial charge in [-0.05, 0) is 77.0 Å². The molecule has 0 spiro atoms. The standard InChI is InChI=1S/C20H32O3S/c1-2-14-10-16-4-6-18(23-16)12-20-8-7-19(24-20)11-17-5-3-15(22-17)9-13(1)21-14/h13-20H,1-12H2. The van der Waals surface area contributed by atoms with Crippen molar-refractivity contribution in [3.8, 4) is 0 Å². The Morgan fingerprint density at radius 3 is 1.12 bits per heavy atom. The normalized spacial score (nSPS) is 52.0. The van der Waals surface area contributed by atoms with Gasteiger partial charge in [0.2, 0.25) is 0 Å². The van der Waals surface area contributed by atoms with Crippen molar-refractivity contribution >= 4 is 11.8 Å². The third-order valence-corrected chi connectivity index (χ3v) is 8.51. The SMILES string of the molecule is C1CC2CC3CCC(CC4CCC(CC5CCC(CC1O2)O5)S4)O3. The van der Waals surface area contributed by atoms with Crippen LogP contribution in [0.2, 0.25) is 0 Å². The fourth-order valence-electron chi connectivity index (χ4n) is 5.68. The van der Waals surface area contributed by atoms with Gasteiger partial charge in [0.1, 0.15) is 0 Å². The second kappa shape index (κ2) is 7.09. The number of thioether (sulfide) groups is 1. The van der Waals surface area contributed by atoms with Crippen LogP contribution >= 0.6 is 11.8 Å². The second-order valence-electron chi connectivity index (χ2n) is 8.77. The van der Waals surface area contributed by atoms with Gasteiger partial charge in [-0.1, -0.05) is 0 Å². The Morgan fingerprint density at radius 2 is 0.750 bits per heavy atom. The molecule has 8 bridgehead atoms. The minimum absolute atomic E-state index is 0.439. The molecule has 4 heteroatoms. The number of fused-ring (bicyclic) bond motifs is 8. The summed E-state index contributed by atoms with van der Waals surface area (Å²) in [6.45, 7) is 0. The quantitative estimate of drug-likeness (QED) is 0.643. The Bertz CT molecular complexity index is 333. The zero-order valence-corrected chi connectivity index (χ0v) is 15.6. The molecule has 0 aliphatic carbocycles. The molecule has 5 saturated heterocycles. The van der Waals surface area contributed by atoms with E-state index in [0.717, 1.165) is 23.3 Å². The third-order valence-electron chi connectivity index (χ3n) is 6.89. The highest BCUT2D eigenvalue weighted by molar-refractivity contribution is 8.00. The van der Waals surface area contributed by atoms with Crippen molar-refractivity contribution < 1.29 is 14.2 Å². The van der Waals surface area contributed by atoms with Crippen LogP contribution in [0, 0.1) is 0 Å². The van der Waals surface area contributed by atoms with E-state index in [1.54, 1.807) is 0 Å². The van der Waals surface area contributed by atoms with Crippen LogP contribution in [0.3, 0.4) is 0 Å². The van der Waals surface area contributed by atoms with Crippen molar-refractivity contribution in [1.29, 1.82) is 0 Å². The van der Waals surface area contributed by atoms with Crippen LogP contribution < -0.4 is 0 Å². The number of hydrogen-bond acceptors (Lipinski definition) is 4. The summed E-state index contributed by atoms with van der Waals surface area (Å²) in [7, 11) is 0. The van der Waals surface area contributed by atoms with E-state index < -0.39 is 0 Å². The second-order valence-corrected chi connectivity index (χ2v) is 10.4. The minimum atomic E-state index is 0.439. The molecule has 5 rings (SSSR count). The van der Waals surface area contributed by atoms with E-state index in [-0.39, 0.29) is 0 Å². The smallest absolute Gasteiger partial charge is 0.0604 e. The number of ether oxygens (including phenoxy) is 3. The molecule has 5 aliphatic heterocycles. The van der Waals surface area contributed by atoms with E-state index >= 15 is 0 Å². The first-order valence-electron chi connectivity index (χ1n) is 10.4. The van der Waals surface area contributed by atoms with Crippen molar-refractivity contribution in [3.63, 3.8) is 0 Å². The third kappa shape index (κ3) is 3.67. The lowest BCUT2D eigenvalue weighted by atomic mass is 10.0. The highest BCUT2D eigenvalue weighted by Gasteiger charge is 2.38. The largest absolute Gasteiger partial charge is 0.375 e. The van der Waals surface area contributed by atoms with Crippen molar-refractivity contribution in [2.24, 2.45) is 0 Å². The van der Waals surface area contributed by atoms with Crippen LogP contribution in [0.4, 0.5) is 0 Å². The maximum atomic E-state index is 6.40. The average molecular weight is 353 g/mol. The molecule has 3 nitrogen and oxygen atoms in total. The predicted octanol–water partition coefficient (Wildman–Crippen LogP) is 4.47. The summed E-state index contributed by atoms with van der Waals surface area (Å²) in [5, 5.41) is 1.66. The molecule has 8 unspecified atom stereocenters. The summed E-state index contributed by atoms with van der Waals surface area (Å²) in [5.41, 5.74) is 0. The lowest BCUT2D eigenvalue weighted by molar-refractivity contribution is -0.0378. The Balaban J connectivity index is 1.27. The fourth-order valence-corrected chi connectivity index (χ4v) is 7.42. The van der Waals surface area contributed by atoms with Crippen LogP contribution in [0.25, 0.3) is 0 Å². The van der Waals surface area contributed by atoms with E-state index in [9.17, 15) is 0 Å². The molecule has 136 valence electrons. The summed E-state index contributed by atoms with van der Waals surface area (Å²) in [6, 6.07) is 0. The monoisotopic (exact) mass is 352 g/mol. The summed E-state index contributed by atoms with van der Waals surface area (Å²) in [5.74, 6) is 0. The highest BCUT2D eigenvalue weighted by Crippen LogP contribution is 2.43. The van der Waals surface area contributed by atoms with E-state index in [4.69, 9.17) is 14.2 Å². The molecule has 24 heavy (non-hydrogen) atoms. The van der Waals surface area contributed by atoms with Crippen molar-refractivity contribution in [3.05, 3.63) is 0 Å². The summed E-state index contributed by atoms with van der Waals surface area (Å²) >= 11 is 2.25. The van der Waals surface area contributed by atoms with E-state index in [0.29, 0.717) is 36.6 Å². The molecule has 8 atom stereocenters. The van der Waals surface area contributed by atoms with Crippen LogP contribution in [0.5, 0.6) is 0 Å². The maximum Gasteiger partial charge on any atom is 0.0604 e. The molecule has 0 radical (unpaired) electrons. The van der Waals surface area contributed by atoms with Gasteiger partial charge in [0.15, 0.2) is 0 Å². The van der Waals surface area contributed by atoms with E-state index in [1.165, 1.54) is 64.2 Å². The van der Waals surface area contributed by atoms with Gasteiger partial charge in [-0.3, -0.25) is 0 Å². The molecule has 0 amide bonds. The molecule has 0 N–H and O–H groups in total. The first kappa shape index (κ1) is 16.4. The molecule has 5 fully saturated rings. The maximum absolute atomic E-state index is 6.40. The van der Waals surface area contributed by atoms with Crippen molar-refractivity contribution in [2.45, 2.75) is 124 Å². The lowest BCUT2D eigenvalue weighted by Crippen LogP contribution is -2.23. The Kier molecular flexibility index (Phi) is 4.85. The molecule has 0 saturated carbocycles. The van der Waals surface area contributed by atoms with Gasteiger partial charge in [0.25, 0.3) is 0 Å². The van der Waals surface area contributed by atoms with Crippen molar-refractivity contribution in [1.82, 2.24) is 0 Å². The first-order valence-corrected chi connectivity index (χ1v) is 11.4. The molecule has 0 aromatic rings. The van der Waals surface area contributed by atoms with Gasteiger partial charge in [0, 0.05) is 10.5 Å². The zero-order chi connectivity index (χ0) is 15.9. The number of hydrogen-bond donors (Lipinski definition) is 0. The predicted molar refractivity (Wildman–Crippen MR) is 96.6 cm³/mol. The van der Waals surface area contributed by atoms with Gasteiger partial charge >= 0.3 is 0 Å². The molecular formula is C20H32O3S. The summed E-state index contributed by atoms with van der Waals surface area (Å²) < 4.78 is 19.2. The fraction of sp³-hybridized carbons (Fsp3) is 1.00. The summed E-state index contributed by atoms with van der Waals surface area (Å²) in [6.07, 6.45) is 17.9. The number of rotatable bonds is 0. The lowest BCUT2D eigenvalue weighted by Gasteiger charge is -2.22. The van der Waals surface area contributed by atoms with Gasteiger partial charge in [-0.2, -0.15) is 11.8 Å². The molecule has 5 heterocycles. The van der Waals surface area contributed by atoms with Gasteiger partial charge in [-0.15, -0.1) is 0 Å². The molecule has 5 aliphatic rings. The van der Waals surface area contributed by atoms with Gasteiger partial charge in [-0.25, -0.2) is 0 Å². The van der Waals surface area contributed by atoms with Crippen LogP contribution in [0.1, 0.15) is 77.0 Å². The van der Waals surface area contributed by atoms with Crippen LogP contribution in [-0.4, -0.2) is 47.1 Å². The molecule has 0 aromatic carbocycles.